The van der Waals surface area contributed by atoms with Crippen molar-refractivity contribution in [3.63, 3.8) is 0 Å². The molecule has 2 N–H and O–H groups in total. The van der Waals surface area contributed by atoms with E-state index in [1.54, 1.807) is 18.9 Å². The van der Waals surface area contributed by atoms with Crippen molar-refractivity contribution in [2.24, 2.45) is 5.92 Å². The van der Waals surface area contributed by atoms with E-state index in [2.05, 4.69) is 46.4 Å². The van der Waals surface area contributed by atoms with Crippen LogP contribution in [0.2, 0.25) is 0 Å². The Bertz CT molecular complexity index is 376. The molecular formula is C14H22BrNO2S. The second-order valence-corrected chi connectivity index (χ2v) is 6.50. The van der Waals surface area contributed by atoms with Crippen LogP contribution in [0.5, 0.6) is 0 Å². The molecule has 0 aromatic heterocycles. The molecule has 0 amide bonds. The smallest absolute Gasteiger partial charge is 0.0587 e. The first-order chi connectivity index (χ1) is 9.17. The molecule has 0 saturated carbocycles. The molecule has 0 aliphatic rings. The number of aliphatic hydroxyl groups is 1. The predicted octanol–water partition coefficient (Wildman–Crippen LogP) is 2.91. The molecule has 0 aliphatic heterocycles. The zero-order valence-electron chi connectivity index (χ0n) is 11.5. The lowest BCUT2D eigenvalue weighted by Crippen LogP contribution is -2.19. The number of nitrogens with one attached hydrogen (secondary N) is 1. The highest BCUT2D eigenvalue weighted by Gasteiger charge is 2.07. The van der Waals surface area contributed by atoms with Gasteiger partial charge in [0.15, 0.2) is 0 Å². The Morgan fingerprint density at radius 3 is 2.95 bits per heavy atom. The standard InChI is InChI=1S/C14H22BrNO2S/c1-11(9-17)10-19-14-7-13(15)4-3-12(14)8-16-5-6-18-2/h3-4,7,11,16-17H,5-6,8-10H2,1-2H3. The Morgan fingerprint density at radius 1 is 1.47 bits per heavy atom. The lowest BCUT2D eigenvalue weighted by molar-refractivity contribution is 0.199. The van der Waals surface area contributed by atoms with Crippen molar-refractivity contribution in [2.45, 2.75) is 18.4 Å². The first-order valence-corrected chi connectivity index (χ1v) is 8.17. The number of methoxy groups -OCH3 is 1. The summed E-state index contributed by atoms with van der Waals surface area (Å²) in [5, 5.41) is 12.4. The summed E-state index contributed by atoms with van der Waals surface area (Å²) in [4.78, 5) is 1.26. The maximum Gasteiger partial charge on any atom is 0.0587 e. The highest BCUT2D eigenvalue weighted by Crippen LogP contribution is 2.28. The molecule has 1 aromatic rings. The Kier molecular flexibility index (Phi) is 8.74. The summed E-state index contributed by atoms with van der Waals surface area (Å²) in [6, 6.07) is 6.34. The van der Waals surface area contributed by atoms with E-state index in [1.165, 1.54) is 10.5 Å². The molecule has 1 rings (SSSR count). The van der Waals surface area contributed by atoms with Gasteiger partial charge in [0.25, 0.3) is 0 Å². The fourth-order valence-corrected chi connectivity index (χ4v) is 3.11. The van der Waals surface area contributed by atoms with Crippen LogP contribution in [0.25, 0.3) is 0 Å². The summed E-state index contributed by atoms with van der Waals surface area (Å²) in [5.41, 5.74) is 1.29. The fourth-order valence-electron chi connectivity index (χ4n) is 1.49. The van der Waals surface area contributed by atoms with Gasteiger partial charge in [-0.2, -0.15) is 0 Å². The third-order valence-corrected chi connectivity index (χ3v) is 4.58. The summed E-state index contributed by atoms with van der Waals surface area (Å²) in [7, 11) is 1.71. The van der Waals surface area contributed by atoms with Gasteiger partial charge in [0.1, 0.15) is 0 Å². The molecule has 0 spiro atoms. The second kappa shape index (κ2) is 9.77. The third kappa shape index (κ3) is 6.77. The van der Waals surface area contributed by atoms with E-state index in [9.17, 15) is 0 Å². The molecule has 0 radical (unpaired) electrons. The quantitative estimate of drug-likeness (QED) is 0.532. The lowest BCUT2D eigenvalue weighted by atomic mass is 10.2. The van der Waals surface area contributed by atoms with Gasteiger partial charge in [-0.15, -0.1) is 11.8 Å². The van der Waals surface area contributed by atoms with E-state index >= 15 is 0 Å². The number of hydrogen-bond acceptors (Lipinski definition) is 4. The van der Waals surface area contributed by atoms with Crippen molar-refractivity contribution in [2.75, 3.05) is 32.6 Å². The van der Waals surface area contributed by atoms with E-state index in [-0.39, 0.29) is 6.61 Å². The summed E-state index contributed by atoms with van der Waals surface area (Å²) in [6.07, 6.45) is 0. The topological polar surface area (TPSA) is 41.5 Å². The summed E-state index contributed by atoms with van der Waals surface area (Å²) in [5.74, 6) is 1.25. The van der Waals surface area contributed by atoms with Gasteiger partial charge in [-0.05, 0) is 23.6 Å². The number of rotatable bonds is 9. The van der Waals surface area contributed by atoms with Crippen LogP contribution in [-0.4, -0.2) is 37.7 Å². The first kappa shape index (κ1) is 17.0. The minimum Gasteiger partial charge on any atom is -0.396 e. The first-order valence-electron chi connectivity index (χ1n) is 6.39. The molecule has 0 saturated heterocycles. The van der Waals surface area contributed by atoms with Crippen LogP contribution >= 0.6 is 27.7 Å². The molecule has 5 heteroatoms. The Labute approximate surface area is 128 Å². The molecule has 0 fully saturated rings. The summed E-state index contributed by atoms with van der Waals surface area (Å²) >= 11 is 5.31. The maximum absolute atomic E-state index is 9.09. The number of hydrogen-bond donors (Lipinski definition) is 2. The van der Waals surface area contributed by atoms with Crippen LogP contribution in [0.3, 0.4) is 0 Å². The Hall–Kier alpha value is -0.0700. The Balaban J connectivity index is 2.58. The zero-order chi connectivity index (χ0) is 14.1. The number of halogens is 1. The van der Waals surface area contributed by atoms with Gasteiger partial charge >= 0.3 is 0 Å². The van der Waals surface area contributed by atoms with E-state index in [1.807, 2.05) is 0 Å². The summed E-state index contributed by atoms with van der Waals surface area (Å²) in [6.45, 7) is 4.71. The predicted molar refractivity (Wildman–Crippen MR) is 84.7 cm³/mol. The van der Waals surface area contributed by atoms with E-state index in [0.717, 1.165) is 29.9 Å². The molecule has 1 unspecified atom stereocenters. The van der Waals surface area contributed by atoms with E-state index < -0.39 is 0 Å². The molecule has 108 valence electrons. The van der Waals surface area contributed by atoms with Crippen LogP contribution in [0.15, 0.2) is 27.6 Å². The van der Waals surface area contributed by atoms with Crippen LogP contribution < -0.4 is 5.32 Å². The van der Waals surface area contributed by atoms with Gasteiger partial charge in [0.05, 0.1) is 6.61 Å². The van der Waals surface area contributed by atoms with Crippen LogP contribution in [0.1, 0.15) is 12.5 Å². The van der Waals surface area contributed by atoms with E-state index in [4.69, 9.17) is 9.84 Å². The van der Waals surface area contributed by atoms with Crippen molar-refractivity contribution < 1.29 is 9.84 Å². The third-order valence-electron chi connectivity index (χ3n) is 2.66. The monoisotopic (exact) mass is 347 g/mol. The highest BCUT2D eigenvalue weighted by atomic mass is 79.9. The number of aliphatic hydroxyl groups excluding tert-OH is 1. The number of benzene rings is 1. The van der Waals surface area contributed by atoms with Crippen molar-refractivity contribution in [1.29, 1.82) is 0 Å². The molecule has 0 heterocycles. The average molecular weight is 348 g/mol. The highest BCUT2D eigenvalue weighted by molar-refractivity contribution is 9.10. The van der Waals surface area contributed by atoms with Crippen LogP contribution in [0.4, 0.5) is 0 Å². The van der Waals surface area contributed by atoms with Crippen LogP contribution in [-0.2, 0) is 11.3 Å². The Morgan fingerprint density at radius 2 is 2.26 bits per heavy atom. The minimum absolute atomic E-state index is 0.239. The fraction of sp³-hybridized carbons (Fsp3) is 0.571. The minimum atomic E-state index is 0.239. The molecular weight excluding hydrogens is 326 g/mol. The molecule has 1 atom stereocenters. The largest absolute Gasteiger partial charge is 0.396 e. The molecule has 1 aromatic carbocycles. The summed E-state index contributed by atoms with van der Waals surface area (Å²) < 4.78 is 6.11. The van der Waals surface area contributed by atoms with Gasteiger partial charge < -0.3 is 15.2 Å². The molecule has 0 bridgehead atoms. The number of thioether (sulfide) groups is 1. The second-order valence-electron chi connectivity index (χ2n) is 4.52. The normalized spacial score (nSPS) is 12.6. The number of ether oxygens (including phenoxy) is 1. The molecule has 19 heavy (non-hydrogen) atoms. The van der Waals surface area contributed by atoms with Crippen LogP contribution in [0, 0.1) is 5.92 Å². The van der Waals surface area contributed by atoms with Crippen molar-refractivity contribution in [3.05, 3.63) is 28.2 Å². The van der Waals surface area contributed by atoms with E-state index in [0.29, 0.717) is 5.92 Å². The van der Waals surface area contributed by atoms with Gasteiger partial charge in [-0.1, -0.05) is 28.9 Å². The molecule has 0 aliphatic carbocycles. The van der Waals surface area contributed by atoms with Crippen molar-refractivity contribution >= 4 is 27.7 Å². The van der Waals surface area contributed by atoms with Gasteiger partial charge in [-0.25, -0.2) is 0 Å². The van der Waals surface area contributed by atoms with Crippen molar-refractivity contribution in [3.8, 4) is 0 Å². The van der Waals surface area contributed by atoms with Gasteiger partial charge in [-0.3, -0.25) is 0 Å². The lowest BCUT2D eigenvalue weighted by Gasteiger charge is -2.13. The van der Waals surface area contributed by atoms with Crippen molar-refractivity contribution in [1.82, 2.24) is 5.32 Å². The zero-order valence-corrected chi connectivity index (χ0v) is 13.9. The SMILES string of the molecule is COCCNCc1ccc(Br)cc1SCC(C)CO. The van der Waals surface area contributed by atoms with Gasteiger partial charge in [0.2, 0.25) is 0 Å². The van der Waals surface area contributed by atoms with Gasteiger partial charge in [0, 0.05) is 41.9 Å². The molecule has 3 nitrogen and oxygen atoms in total. The average Bonchev–Trinajstić information content (AvgIpc) is 2.42. The maximum atomic E-state index is 9.09.